The molecule has 32 heavy (non-hydrogen) atoms. The first kappa shape index (κ1) is 22.3. The molecule has 2 aromatic carbocycles. The number of nitrogens with one attached hydrogen (secondary N) is 1. The lowest BCUT2D eigenvalue weighted by molar-refractivity contribution is 0.0162. The van der Waals surface area contributed by atoms with Crippen LogP contribution in [0.25, 0.3) is 0 Å². The molecule has 7 nitrogen and oxygen atoms in total. The minimum atomic E-state index is -0.149. The van der Waals surface area contributed by atoms with Crippen molar-refractivity contribution in [3.63, 3.8) is 0 Å². The van der Waals surface area contributed by atoms with E-state index in [1.165, 1.54) is 16.9 Å². The number of amides is 1. The molecule has 4 rings (SSSR count). The van der Waals surface area contributed by atoms with E-state index in [1.807, 2.05) is 23.6 Å². The van der Waals surface area contributed by atoms with Gasteiger partial charge in [-0.1, -0.05) is 30.3 Å². The Bertz CT molecular complexity index is 992. The zero-order chi connectivity index (χ0) is 22.2. The molecule has 1 aliphatic heterocycles. The second kappa shape index (κ2) is 11.1. The Morgan fingerprint density at radius 1 is 1.19 bits per heavy atom. The second-order valence-electron chi connectivity index (χ2n) is 7.42. The number of benzene rings is 2. The van der Waals surface area contributed by atoms with Crippen LogP contribution in [0.4, 0.5) is 0 Å². The molecule has 8 heteroatoms. The number of morpholine rings is 1. The number of carbonyl (C=O) groups is 1. The summed E-state index contributed by atoms with van der Waals surface area (Å²) in [4.78, 5) is 19.5. The number of nitrogens with zero attached hydrogens (tertiary/aromatic N) is 2. The summed E-state index contributed by atoms with van der Waals surface area (Å²) in [5, 5.41) is 5.03. The van der Waals surface area contributed by atoms with E-state index >= 15 is 0 Å². The van der Waals surface area contributed by atoms with Crippen molar-refractivity contribution in [2.24, 2.45) is 0 Å². The molecule has 168 valence electrons. The van der Waals surface area contributed by atoms with E-state index in [0.717, 1.165) is 18.8 Å². The van der Waals surface area contributed by atoms with Gasteiger partial charge in [-0.25, -0.2) is 4.98 Å². The van der Waals surface area contributed by atoms with E-state index in [-0.39, 0.29) is 11.9 Å². The topological polar surface area (TPSA) is 72.9 Å². The first-order chi connectivity index (χ1) is 15.7. The van der Waals surface area contributed by atoms with Gasteiger partial charge in [0, 0.05) is 30.6 Å². The van der Waals surface area contributed by atoms with Crippen LogP contribution in [-0.4, -0.2) is 55.7 Å². The Hall–Kier alpha value is -2.94. The van der Waals surface area contributed by atoms with Crippen LogP contribution in [0.2, 0.25) is 0 Å². The molecule has 0 saturated carbocycles. The summed E-state index contributed by atoms with van der Waals surface area (Å²) in [6, 6.07) is 15.6. The van der Waals surface area contributed by atoms with E-state index in [1.54, 1.807) is 30.8 Å². The fourth-order valence-corrected chi connectivity index (χ4v) is 4.25. The van der Waals surface area contributed by atoms with E-state index in [4.69, 9.17) is 14.2 Å². The van der Waals surface area contributed by atoms with Crippen molar-refractivity contribution in [3.8, 4) is 11.5 Å². The number of carbonyl (C=O) groups excluding carboxylic acids is 1. The van der Waals surface area contributed by atoms with Gasteiger partial charge >= 0.3 is 0 Å². The smallest absolute Gasteiger partial charge is 0.251 e. The van der Waals surface area contributed by atoms with Gasteiger partial charge < -0.3 is 19.5 Å². The van der Waals surface area contributed by atoms with Gasteiger partial charge in [0.2, 0.25) is 0 Å². The minimum Gasteiger partial charge on any atom is -0.493 e. The number of hydrogen-bond acceptors (Lipinski definition) is 7. The van der Waals surface area contributed by atoms with Gasteiger partial charge in [0.25, 0.3) is 5.91 Å². The Balaban J connectivity index is 1.42. The Morgan fingerprint density at radius 2 is 2.00 bits per heavy atom. The predicted molar refractivity (Wildman–Crippen MR) is 123 cm³/mol. The van der Waals surface area contributed by atoms with Gasteiger partial charge in [0.1, 0.15) is 6.61 Å². The molecule has 1 aromatic heterocycles. The standard InChI is InChI=1S/C24H27N3O4S/c1-29-23-13-19(7-8-22(23)31-15-20-16-32-17-26-20)24(28)25-14-21(18-5-3-2-4-6-18)27-9-11-30-12-10-27/h2-8,13,16-17,21H,9-12,14-15H2,1H3,(H,25,28). The lowest BCUT2D eigenvalue weighted by atomic mass is 10.0. The van der Waals surface area contributed by atoms with Crippen LogP contribution in [0.1, 0.15) is 27.7 Å². The minimum absolute atomic E-state index is 0.0895. The van der Waals surface area contributed by atoms with Crippen molar-refractivity contribution in [2.45, 2.75) is 12.6 Å². The van der Waals surface area contributed by atoms with Crippen molar-refractivity contribution < 1.29 is 19.0 Å². The molecular weight excluding hydrogens is 426 g/mol. The largest absolute Gasteiger partial charge is 0.493 e. The summed E-state index contributed by atoms with van der Waals surface area (Å²) in [5.74, 6) is 0.941. The molecule has 3 aromatic rings. The molecule has 0 aliphatic carbocycles. The van der Waals surface area contributed by atoms with E-state index in [9.17, 15) is 4.79 Å². The van der Waals surface area contributed by atoms with Crippen LogP contribution in [-0.2, 0) is 11.3 Å². The molecule has 0 spiro atoms. The van der Waals surface area contributed by atoms with Crippen molar-refractivity contribution in [3.05, 3.63) is 76.2 Å². The first-order valence-corrected chi connectivity index (χ1v) is 11.5. The first-order valence-electron chi connectivity index (χ1n) is 10.6. The van der Waals surface area contributed by atoms with Crippen LogP contribution in [0.3, 0.4) is 0 Å². The van der Waals surface area contributed by atoms with Gasteiger partial charge in [0.05, 0.1) is 37.6 Å². The number of ether oxygens (including phenoxy) is 3. The predicted octanol–water partition coefficient (Wildman–Crippen LogP) is 3.53. The van der Waals surface area contributed by atoms with Gasteiger partial charge in [-0.05, 0) is 23.8 Å². The SMILES string of the molecule is COc1cc(C(=O)NCC(c2ccccc2)N2CCOCC2)ccc1OCc1cscn1. The van der Waals surface area contributed by atoms with Crippen molar-refractivity contribution in [1.82, 2.24) is 15.2 Å². The van der Waals surface area contributed by atoms with Gasteiger partial charge in [0.15, 0.2) is 11.5 Å². The maximum absolute atomic E-state index is 12.9. The summed E-state index contributed by atoms with van der Waals surface area (Å²) in [7, 11) is 1.57. The van der Waals surface area contributed by atoms with Crippen molar-refractivity contribution in [2.75, 3.05) is 40.0 Å². The van der Waals surface area contributed by atoms with Crippen LogP contribution < -0.4 is 14.8 Å². The molecule has 1 N–H and O–H groups in total. The molecule has 2 heterocycles. The van der Waals surface area contributed by atoms with Crippen LogP contribution in [0.5, 0.6) is 11.5 Å². The Morgan fingerprint density at radius 3 is 2.72 bits per heavy atom. The molecule has 1 unspecified atom stereocenters. The molecule has 1 saturated heterocycles. The van der Waals surface area contributed by atoms with Crippen LogP contribution in [0.15, 0.2) is 59.4 Å². The normalized spacial score (nSPS) is 15.2. The summed E-state index contributed by atoms with van der Waals surface area (Å²) < 4.78 is 16.8. The fourth-order valence-electron chi connectivity index (χ4n) is 3.70. The molecule has 1 amide bonds. The molecular formula is C24H27N3O4S. The third kappa shape index (κ3) is 5.64. The van der Waals surface area contributed by atoms with E-state index in [2.05, 4.69) is 27.3 Å². The van der Waals surface area contributed by atoms with Gasteiger partial charge in [-0.3, -0.25) is 9.69 Å². The highest BCUT2D eigenvalue weighted by Gasteiger charge is 2.23. The summed E-state index contributed by atoms with van der Waals surface area (Å²) in [5.41, 5.74) is 4.33. The molecule has 1 aliphatic rings. The number of hydrogen-bond donors (Lipinski definition) is 1. The summed E-state index contributed by atoms with van der Waals surface area (Å²) >= 11 is 1.52. The average molecular weight is 454 g/mol. The molecule has 1 fully saturated rings. The quantitative estimate of drug-likeness (QED) is 0.534. The summed E-state index contributed by atoms with van der Waals surface area (Å²) in [6.07, 6.45) is 0. The maximum Gasteiger partial charge on any atom is 0.251 e. The van der Waals surface area contributed by atoms with Gasteiger partial charge in [-0.15, -0.1) is 11.3 Å². The highest BCUT2D eigenvalue weighted by Crippen LogP contribution is 2.29. The lowest BCUT2D eigenvalue weighted by Crippen LogP contribution is -2.43. The number of thiazole rings is 1. The fraction of sp³-hybridized carbons (Fsp3) is 0.333. The Kier molecular flexibility index (Phi) is 7.71. The van der Waals surface area contributed by atoms with E-state index in [0.29, 0.717) is 43.4 Å². The average Bonchev–Trinajstić information content (AvgIpc) is 3.38. The van der Waals surface area contributed by atoms with Crippen LogP contribution >= 0.6 is 11.3 Å². The Labute approximate surface area is 191 Å². The lowest BCUT2D eigenvalue weighted by Gasteiger charge is -2.35. The zero-order valence-electron chi connectivity index (χ0n) is 18.0. The van der Waals surface area contributed by atoms with Crippen LogP contribution in [0, 0.1) is 0 Å². The van der Waals surface area contributed by atoms with Crippen molar-refractivity contribution in [1.29, 1.82) is 0 Å². The molecule has 0 radical (unpaired) electrons. The maximum atomic E-state index is 12.9. The van der Waals surface area contributed by atoms with E-state index < -0.39 is 0 Å². The summed E-state index contributed by atoms with van der Waals surface area (Å²) in [6.45, 7) is 3.95. The highest BCUT2D eigenvalue weighted by atomic mass is 32.1. The molecule has 0 bridgehead atoms. The van der Waals surface area contributed by atoms with Gasteiger partial charge in [-0.2, -0.15) is 0 Å². The third-order valence-electron chi connectivity index (χ3n) is 5.41. The zero-order valence-corrected chi connectivity index (χ0v) is 18.8. The molecule has 1 atom stereocenters. The van der Waals surface area contributed by atoms with Crippen molar-refractivity contribution >= 4 is 17.2 Å². The third-order valence-corrected chi connectivity index (χ3v) is 6.05. The number of aromatic nitrogens is 1. The second-order valence-corrected chi connectivity index (χ2v) is 8.14. The number of methoxy groups -OCH3 is 1. The monoisotopic (exact) mass is 453 g/mol. The number of rotatable bonds is 9. The highest BCUT2D eigenvalue weighted by molar-refractivity contribution is 7.07.